The highest BCUT2D eigenvalue weighted by Crippen LogP contribution is 2.08. The molecule has 0 aromatic carbocycles. The van der Waals surface area contributed by atoms with E-state index in [0.29, 0.717) is 13.1 Å². The molecule has 0 aromatic heterocycles. The van der Waals surface area contributed by atoms with Crippen LogP contribution in [0, 0.1) is 0 Å². The van der Waals surface area contributed by atoms with Crippen LogP contribution in [0.3, 0.4) is 0 Å². The van der Waals surface area contributed by atoms with Crippen LogP contribution in [0.25, 0.3) is 0 Å². The van der Waals surface area contributed by atoms with Crippen molar-refractivity contribution < 1.29 is 23.0 Å². The van der Waals surface area contributed by atoms with Gasteiger partial charge in [0.1, 0.15) is 0 Å². The molecule has 0 spiro atoms. The van der Waals surface area contributed by atoms with E-state index in [1.807, 2.05) is 0 Å². The molecule has 0 saturated carbocycles. The monoisotopic (exact) mass is 195 g/mol. The maximum absolute atomic E-state index is 11.4. The maximum atomic E-state index is 11.4. The topological polar surface area (TPSA) is 38.8 Å². The Bertz CT molecular complexity index is 171. The lowest BCUT2D eigenvalue weighted by Crippen LogP contribution is -2.29. The molecular formula is C7H11F2NO3. The second-order valence-corrected chi connectivity index (χ2v) is 2.65. The summed E-state index contributed by atoms with van der Waals surface area (Å²) in [6, 6.07) is 0. The van der Waals surface area contributed by atoms with Crippen molar-refractivity contribution >= 4 is 6.09 Å². The Balaban J connectivity index is 2.10. The molecule has 76 valence electrons. The molecule has 0 aliphatic carbocycles. The fourth-order valence-electron chi connectivity index (χ4n) is 1.13. The first-order valence-electron chi connectivity index (χ1n) is 4.01. The van der Waals surface area contributed by atoms with Crippen LogP contribution in [0.15, 0.2) is 0 Å². The molecule has 1 fully saturated rings. The summed E-state index contributed by atoms with van der Waals surface area (Å²) in [6.45, 7) is -2.32. The zero-order valence-corrected chi connectivity index (χ0v) is 7.04. The third-order valence-electron chi connectivity index (χ3n) is 1.74. The van der Waals surface area contributed by atoms with E-state index in [1.54, 1.807) is 0 Å². The molecule has 1 rings (SSSR count). The highest BCUT2D eigenvalue weighted by Gasteiger charge is 2.19. The molecule has 0 aromatic rings. The number of carbonyl (C=O) groups excluding carboxylic acids is 1. The van der Waals surface area contributed by atoms with E-state index in [-0.39, 0.29) is 0 Å². The summed E-state index contributed by atoms with van der Waals surface area (Å²) in [5.74, 6) is 0. The van der Waals surface area contributed by atoms with Crippen LogP contribution >= 0.6 is 0 Å². The zero-order valence-electron chi connectivity index (χ0n) is 7.04. The Morgan fingerprint density at radius 1 is 1.38 bits per heavy atom. The van der Waals surface area contributed by atoms with Crippen molar-refractivity contribution in [3.63, 3.8) is 0 Å². The summed E-state index contributed by atoms with van der Waals surface area (Å²) in [4.78, 5) is 12.5. The van der Waals surface area contributed by atoms with Crippen LogP contribution in [-0.4, -0.2) is 37.5 Å². The third-order valence-corrected chi connectivity index (χ3v) is 1.74. The molecule has 0 bridgehead atoms. The Kier molecular flexibility index (Phi) is 3.88. The highest BCUT2D eigenvalue weighted by molar-refractivity contribution is 5.67. The lowest BCUT2D eigenvalue weighted by molar-refractivity contribution is -0.176. The average molecular weight is 195 g/mol. The van der Waals surface area contributed by atoms with Gasteiger partial charge < -0.3 is 9.64 Å². The van der Waals surface area contributed by atoms with Gasteiger partial charge in [0, 0.05) is 13.1 Å². The Labute approximate surface area is 74.4 Å². The molecular weight excluding hydrogens is 184 g/mol. The van der Waals surface area contributed by atoms with Crippen molar-refractivity contribution in [2.45, 2.75) is 19.5 Å². The van der Waals surface area contributed by atoms with Crippen LogP contribution < -0.4 is 0 Å². The van der Waals surface area contributed by atoms with Gasteiger partial charge in [0.15, 0.2) is 6.79 Å². The summed E-state index contributed by atoms with van der Waals surface area (Å²) in [7, 11) is 0. The van der Waals surface area contributed by atoms with Crippen molar-refractivity contribution in [2.75, 3.05) is 19.9 Å². The molecule has 0 unspecified atom stereocenters. The van der Waals surface area contributed by atoms with Gasteiger partial charge in [-0.1, -0.05) is 0 Å². The number of hydrogen-bond donors (Lipinski definition) is 0. The van der Waals surface area contributed by atoms with Gasteiger partial charge in [-0.2, -0.15) is 8.78 Å². The van der Waals surface area contributed by atoms with Crippen molar-refractivity contribution in [3.05, 3.63) is 0 Å². The molecule has 1 aliphatic heterocycles. The molecule has 1 saturated heterocycles. The van der Waals surface area contributed by atoms with Gasteiger partial charge in [0.05, 0.1) is 0 Å². The van der Waals surface area contributed by atoms with E-state index in [0.717, 1.165) is 12.8 Å². The molecule has 0 radical (unpaired) electrons. The van der Waals surface area contributed by atoms with Gasteiger partial charge in [-0.05, 0) is 12.8 Å². The minimum Gasteiger partial charge on any atom is -0.422 e. The first-order valence-corrected chi connectivity index (χ1v) is 4.01. The zero-order chi connectivity index (χ0) is 9.68. The maximum Gasteiger partial charge on any atom is 0.411 e. The molecule has 13 heavy (non-hydrogen) atoms. The van der Waals surface area contributed by atoms with E-state index >= 15 is 0 Å². The number of ether oxygens (including phenoxy) is 2. The van der Waals surface area contributed by atoms with E-state index in [2.05, 4.69) is 9.47 Å². The predicted molar refractivity (Wildman–Crippen MR) is 39.2 cm³/mol. The van der Waals surface area contributed by atoms with Gasteiger partial charge in [0.2, 0.25) is 0 Å². The minimum absolute atomic E-state index is 0.585. The highest BCUT2D eigenvalue weighted by atomic mass is 19.3. The minimum atomic E-state index is -2.90. The largest absolute Gasteiger partial charge is 0.422 e. The van der Waals surface area contributed by atoms with Gasteiger partial charge >= 0.3 is 12.7 Å². The van der Waals surface area contributed by atoms with Crippen molar-refractivity contribution in [1.29, 1.82) is 0 Å². The van der Waals surface area contributed by atoms with E-state index in [9.17, 15) is 13.6 Å². The lowest BCUT2D eigenvalue weighted by atomic mass is 10.4. The third kappa shape index (κ3) is 3.54. The Hall–Kier alpha value is -0.910. The van der Waals surface area contributed by atoms with Crippen molar-refractivity contribution in [2.24, 2.45) is 0 Å². The normalized spacial score (nSPS) is 16.7. The molecule has 0 atom stereocenters. The summed E-state index contributed by atoms with van der Waals surface area (Å²) in [5, 5.41) is 0. The van der Waals surface area contributed by atoms with Crippen molar-refractivity contribution in [1.82, 2.24) is 4.90 Å². The van der Waals surface area contributed by atoms with E-state index in [4.69, 9.17) is 0 Å². The van der Waals surface area contributed by atoms with Crippen LogP contribution in [0.5, 0.6) is 0 Å². The molecule has 6 heteroatoms. The fourth-order valence-corrected chi connectivity index (χ4v) is 1.13. The first kappa shape index (κ1) is 10.2. The molecule has 0 N–H and O–H groups in total. The SMILES string of the molecule is O=C(OCOC(F)F)N1CCCC1. The predicted octanol–water partition coefficient (Wildman–Crippen LogP) is 1.42. The summed E-state index contributed by atoms with van der Waals surface area (Å²) in [5.41, 5.74) is 0. The van der Waals surface area contributed by atoms with Gasteiger partial charge in [-0.25, -0.2) is 4.79 Å². The van der Waals surface area contributed by atoms with Gasteiger partial charge in [-0.3, -0.25) is 4.74 Å². The summed E-state index contributed by atoms with van der Waals surface area (Å²) in [6.07, 6.45) is 1.29. The molecule has 4 nitrogen and oxygen atoms in total. The van der Waals surface area contributed by atoms with Gasteiger partial charge in [0.25, 0.3) is 0 Å². The van der Waals surface area contributed by atoms with Crippen LogP contribution in [0.4, 0.5) is 13.6 Å². The number of likely N-dealkylation sites (tertiary alicyclic amines) is 1. The second kappa shape index (κ2) is 4.96. The van der Waals surface area contributed by atoms with E-state index in [1.165, 1.54) is 4.90 Å². The second-order valence-electron chi connectivity index (χ2n) is 2.65. The van der Waals surface area contributed by atoms with Gasteiger partial charge in [-0.15, -0.1) is 0 Å². The van der Waals surface area contributed by atoms with Crippen LogP contribution in [-0.2, 0) is 9.47 Å². The molecule has 1 aliphatic rings. The average Bonchev–Trinajstić information content (AvgIpc) is 2.55. The number of hydrogen-bond acceptors (Lipinski definition) is 3. The van der Waals surface area contributed by atoms with E-state index < -0.39 is 19.5 Å². The molecule has 1 heterocycles. The Morgan fingerprint density at radius 3 is 2.54 bits per heavy atom. The number of nitrogens with zero attached hydrogens (tertiary/aromatic N) is 1. The number of amides is 1. The number of alkyl halides is 2. The van der Waals surface area contributed by atoms with Crippen LogP contribution in [0.1, 0.15) is 12.8 Å². The smallest absolute Gasteiger partial charge is 0.411 e. The quantitative estimate of drug-likeness (QED) is 0.639. The molecule has 1 amide bonds. The Morgan fingerprint density at radius 2 is 2.00 bits per heavy atom. The number of rotatable bonds is 3. The van der Waals surface area contributed by atoms with Crippen LogP contribution in [0.2, 0.25) is 0 Å². The first-order chi connectivity index (χ1) is 6.20. The summed E-state index contributed by atoms with van der Waals surface area (Å²) < 4.78 is 31.1. The number of carbonyl (C=O) groups is 1. The lowest BCUT2D eigenvalue weighted by Gasteiger charge is -2.14. The van der Waals surface area contributed by atoms with Crippen molar-refractivity contribution in [3.8, 4) is 0 Å². The summed E-state index contributed by atoms with van der Waals surface area (Å²) >= 11 is 0. The standard InChI is InChI=1S/C7H11F2NO3/c8-6(9)12-5-13-7(11)10-3-1-2-4-10/h6H,1-5H2. The fraction of sp³-hybridized carbons (Fsp3) is 0.857. The number of halogens is 2.